The fourth-order valence-corrected chi connectivity index (χ4v) is 5.14. The molecule has 0 saturated carbocycles. The molecule has 0 unspecified atom stereocenters. The third-order valence-electron chi connectivity index (χ3n) is 5.98. The minimum atomic E-state index is -0.233. The number of H-pyrrole nitrogens is 1. The Balaban J connectivity index is 1.38. The predicted molar refractivity (Wildman–Crippen MR) is 135 cm³/mol. The average molecular weight is 466 g/mol. The number of aryl methyl sites for hydroxylation is 1. The number of amides is 1. The number of nitrogens with two attached hydrogens (primary N) is 1. The molecule has 0 fully saturated rings. The molecule has 8 nitrogen and oxygen atoms in total. The Hall–Kier alpha value is -4.37. The summed E-state index contributed by atoms with van der Waals surface area (Å²) in [5, 5.41) is 15.0. The zero-order valence-corrected chi connectivity index (χ0v) is 19.0. The number of aromatic nitrogens is 5. The highest BCUT2D eigenvalue weighted by Gasteiger charge is 2.18. The van der Waals surface area contributed by atoms with Crippen molar-refractivity contribution in [3.05, 3.63) is 82.9 Å². The number of anilines is 2. The van der Waals surface area contributed by atoms with Gasteiger partial charge in [0.15, 0.2) is 0 Å². The first-order valence-corrected chi connectivity index (χ1v) is 11.5. The Labute approximate surface area is 197 Å². The lowest BCUT2D eigenvalue weighted by Crippen LogP contribution is -2.13. The fourth-order valence-electron chi connectivity index (χ4n) is 4.24. The van der Waals surface area contributed by atoms with Gasteiger partial charge in [0.25, 0.3) is 5.91 Å². The van der Waals surface area contributed by atoms with Crippen LogP contribution in [-0.2, 0) is 6.42 Å². The van der Waals surface area contributed by atoms with Gasteiger partial charge in [-0.3, -0.25) is 14.9 Å². The molecule has 4 aromatic heterocycles. The molecule has 0 radical (unpaired) electrons. The topological polar surface area (TPSA) is 122 Å². The third kappa shape index (κ3) is 3.34. The maximum atomic E-state index is 13.2. The summed E-state index contributed by atoms with van der Waals surface area (Å²) in [6, 6.07) is 12.2. The number of carbonyl (C=O) groups is 1. The summed E-state index contributed by atoms with van der Waals surface area (Å²) in [5.74, 6) is 0.142. The standard InChI is InChI=1S/C25H19N7OS/c1-13-2-4-16-17(6-7-27-20(16)9-14-3-5-19-15(8-14)10-30-32-19)21(13)31-25(33)18-11-34-23-22(18)28-12-29-24(23)26/h2-8,10-12H,9H2,1H3,(H,30,32)(H,31,33)(H2,26,28,29). The number of pyridine rings is 1. The fraction of sp³-hybridized carbons (Fsp3) is 0.0800. The zero-order valence-electron chi connectivity index (χ0n) is 18.2. The van der Waals surface area contributed by atoms with Gasteiger partial charge in [0.2, 0.25) is 0 Å². The van der Waals surface area contributed by atoms with Gasteiger partial charge in [-0.1, -0.05) is 18.2 Å². The molecule has 0 atom stereocenters. The van der Waals surface area contributed by atoms with Gasteiger partial charge < -0.3 is 11.1 Å². The van der Waals surface area contributed by atoms with Crippen LogP contribution < -0.4 is 11.1 Å². The monoisotopic (exact) mass is 465 g/mol. The normalized spacial score (nSPS) is 11.4. The molecule has 9 heteroatoms. The Bertz CT molecular complexity index is 1720. The van der Waals surface area contributed by atoms with E-state index in [1.165, 1.54) is 17.7 Å². The van der Waals surface area contributed by atoms with Gasteiger partial charge in [-0.15, -0.1) is 11.3 Å². The van der Waals surface area contributed by atoms with Gasteiger partial charge in [0.05, 0.1) is 38.9 Å². The van der Waals surface area contributed by atoms with Crippen molar-refractivity contribution in [2.24, 2.45) is 0 Å². The van der Waals surface area contributed by atoms with Gasteiger partial charge in [0, 0.05) is 34.2 Å². The minimum Gasteiger partial charge on any atom is -0.382 e. The Morgan fingerprint density at radius 3 is 2.94 bits per heavy atom. The molecule has 4 heterocycles. The zero-order chi connectivity index (χ0) is 23.2. The largest absolute Gasteiger partial charge is 0.382 e. The number of hydrogen-bond acceptors (Lipinski definition) is 7. The van der Waals surface area contributed by atoms with Crippen molar-refractivity contribution in [2.45, 2.75) is 13.3 Å². The number of rotatable bonds is 4. The summed E-state index contributed by atoms with van der Waals surface area (Å²) in [4.78, 5) is 26.2. The van der Waals surface area contributed by atoms with E-state index in [1.807, 2.05) is 31.3 Å². The Kier molecular flexibility index (Phi) is 4.70. The number of benzene rings is 2. The van der Waals surface area contributed by atoms with E-state index < -0.39 is 0 Å². The number of aromatic amines is 1. The molecule has 0 saturated heterocycles. The van der Waals surface area contributed by atoms with Gasteiger partial charge in [-0.2, -0.15) is 5.10 Å². The number of carbonyl (C=O) groups excluding carboxylic acids is 1. The summed E-state index contributed by atoms with van der Waals surface area (Å²) in [6.07, 6.45) is 5.65. The molecule has 0 bridgehead atoms. The van der Waals surface area contributed by atoms with E-state index in [9.17, 15) is 4.79 Å². The van der Waals surface area contributed by atoms with E-state index >= 15 is 0 Å². The molecule has 1 amide bonds. The molecular weight excluding hydrogens is 446 g/mol. The van der Waals surface area contributed by atoms with Crippen LogP contribution >= 0.6 is 11.3 Å². The smallest absolute Gasteiger partial charge is 0.258 e. The van der Waals surface area contributed by atoms with E-state index in [2.05, 4.69) is 48.7 Å². The second-order valence-corrected chi connectivity index (χ2v) is 9.00. The Morgan fingerprint density at radius 2 is 2.03 bits per heavy atom. The maximum Gasteiger partial charge on any atom is 0.258 e. The van der Waals surface area contributed by atoms with Crippen LogP contribution in [0, 0.1) is 6.92 Å². The lowest BCUT2D eigenvalue weighted by Gasteiger charge is -2.14. The molecule has 0 spiro atoms. The summed E-state index contributed by atoms with van der Waals surface area (Å²) in [7, 11) is 0. The van der Waals surface area contributed by atoms with E-state index in [-0.39, 0.29) is 5.91 Å². The van der Waals surface area contributed by atoms with E-state index in [1.54, 1.807) is 11.6 Å². The Morgan fingerprint density at radius 1 is 1.12 bits per heavy atom. The van der Waals surface area contributed by atoms with Gasteiger partial charge in [-0.25, -0.2) is 9.97 Å². The van der Waals surface area contributed by atoms with Crippen LogP contribution in [-0.4, -0.2) is 31.1 Å². The summed E-state index contributed by atoms with van der Waals surface area (Å²) >= 11 is 1.36. The molecule has 0 aliphatic heterocycles. The molecule has 0 aliphatic rings. The SMILES string of the molecule is Cc1ccc2c(Cc3ccc4[nH]ncc4c3)nccc2c1NC(=O)c1csc2c(N)ncnc12. The van der Waals surface area contributed by atoms with Crippen LogP contribution in [0.5, 0.6) is 0 Å². The lowest BCUT2D eigenvalue weighted by molar-refractivity contribution is 0.102. The molecule has 2 aromatic carbocycles. The van der Waals surface area contributed by atoms with Crippen LogP contribution in [0.3, 0.4) is 0 Å². The van der Waals surface area contributed by atoms with Crippen molar-refractivity contribution in [1.29, 1.82) is 0 Å². The highest BCUT2D eigenvalue weighted by Crippen LogP contribution is 2.32. The summed E-state index contributed by atoms with van der Waals surface area (Å²) < 4.78 is 0.711. The average Bonchev–Trinajstić information content (AvgIpc) is 3.48. The van der Waals surface area contributed by atoms with E-state index in [4.69, 9.17) is 5.73 Å². The van der Waals surface area contributed by atoms with Gasteiger partial charge >= 0.3 is 0 Å². The molecule has 34 heavy (non-hydrogen) atoms. The van der Waals surface area contributed by atoms with Crippen LogP contribution in [0.1, 0.15) is 27.2 Å². The van der Waals surface area contributed by atoms with E-state index in [0.717, 1.165) is 44.2 Å². The molecule has 4 N–H and O–H groups in total. The number of nitrogens with one attached hydrogen (secondary N) is 2. The molecule has 6 aromatic rings. The van der Waals surface area contributed by atoms with Gasteiger partial charge in [-0.05, 0) is 36.2 Å². The predicted octanol–water partition coefficient (Wildman–Crippen LogP) is 4.85. The van der Waals surface area contributed by atoms with Gasteiger partial charge in [0.1, 0.15) is 12.1 Å². The number of hydrogen-bond donors (Lipinski definition) is 3. The van der Waals surface area contributed by atoms with Crippen molar-refractivity contribution in [3.8, 4) is 0 Å². The summed E-state index contributed by atoms with van der Waals surface area (Å²) in [5.41, 5.74) is 11.8. The van der Waals surface area contributed by atoms with Crippen molar-refractivity contribution < 1.29 is 4.79 Å². The first-order valence-electron chi connectivity index (χ1n) is 10.7. The van der Waals surface area contributed by atoms with E-state index in [0.29, 0.717) is 28.0 Å². The van der Waals surface area contributed by atoms with Crippen LogP contribution in [0.15, 0.2) is 60.5 Å². The maximum absolute atomic E-state index is 13.2. The first-order chi connectivity index (χ1) is 16.6. The number of nitrogens with zero attached hydrogens (tertiary/aromatic N) is 4. The number of thiophene rings is 1. The van der Waals surface area contributed by atoms with Crippen molar-refractivity contribution in [3.63, 3.8) is 0 Å². The van der Waals surface area contributed by atoms with Crippen molar-refractivity contribution in [2.75, 3.05) is 11.1 Å². The lowest BCUT2D eigenvalue weighted by atomic mass is 9.99. The molecular formula is C25H19N7OS. The van der Waals surface area contributed by atoms with Crippen LogP contribution in [0.25, 0.3) is 31.9 Å². The van der Waals surface area contributed by atoms with Crippen LogP contribution in [0.2, 0.25) is 0 Å². The molecule has 166 valence electrons. The first kappa shape index (κ1) is 20.3. The van der Waals surface area contributed by atoms with Crippen molar-refractivity contribution in [1.82, 2.24) is 25.1 Å². The highest BCUT2D eigenvalue weighted by molar-refractivity contribution is 7.18. The number of nitrogen functional groups attached to an aromatic ring is 1. The third-order valence-corrected chi connectivity index (χ3v) is 6.97. The second-order valence-electron chi connectivity index (χ2n) is 8.12. The quantitative estimate of drug-likeness (QED) is 0.342. The van der Waals surface area contributed by atoms with Crippen LogP contribution in [0.4, 0.5) is 11.5 Å². The summed E-state index contributed by atoms with van der Waals surface area (Å²) in [6.45, 7) is 1.98. The second kappa shape index (κ2) is 7.89. The highest BCUT2D eigenvalue weighted by atomic mass is 32.1. The van der Waals surface area contributed by atoms with Crippen molar-refractivity contribution >= 4 is 60.6 Å². The number of fused-ring (bicyclic) bond motifs is 3. The minimum absolute atomic E-state index is 0.233. The molecule has 0 aliphatic carbocycles. The molecule has 6 rings (SSSR count).